The predicted octanol–water partition coefficient (Wildman–Crippen LogP) is 2.43. The monoisotopic (exact) mass is 229 g/mol. The summed E-state index contributed by atoms with van der Waals surface area (Å²) in [7, 11) is 0. The molecule has 2 aromatic rings. The first-order valence-corrected chi connectivity index (χ1v) is 6.54. The zero-order chi connectivity index (χ0) is 11.5. The van der Waals surface area contributed by atoms with Crippen molar-refractivity contribution in [3.8, 4) is 0 Å². The maximum absolute atomic E-state index is 4.43. The topological polar surface area (TPSA) is 29.9 Å². The minimum absolute atomic E-state index is 0.838. The van der Waals surface area contributed by atoms with Crippen molar-refractivity contribution in [2.45, 2.75) is 25.8 Å². The summed E-state index contributed by atoms with van der Waals surface area (Å²) >= 11 is 0. The number of aromatic nitrogens is 2. The van der Waals surface area contributed by atoms with E-state index < -0.39 is 0 Å². The molecule has 1 atom stereocenters. The van der Waals surface area contributed by atoms with E-state index in [4.69, 9.17) is 0 Å². The molecule has 0 saturated carbocycles. The summed E-state index contributed by atoms with van der Waals surface area (Å²) < 4.78 is 2.28. The molecule has 90 valence electrons. The molecule has 0 aliphatic carbocycles. The number of para-hydroxylation sites is 2. The van der Waals surface area contributed by atoms with Gasteiger partial charge in [0.05, 0.1) is 17.4 Å². The Bertz CT molecular complexity index is 483. The first-order chi connectivity index (χ1) is 8.43. The standard InChI is InChI=1S/C14H19N3/c1-2-6-14-13(5-1)16-11-17(14)9-7-12-4-3-8-15-10-12/h1-2,5-6,11-12,15H,3-4,7-10H2. The zero-order valence-corrected chi connectivity index (χ0v) is 10.1. The van der Waals surface area contributed by atoms with Crippen LogP contribution < -0.4 is 5.32 Å². The van der Waals surface area contributed by atoms with E-state index in [1.165, 1.54) is 37.9 Å². The van der Waals surface area contributed by atoms with Gasteiger partial charge < -0.3 is 9.88 Å². The van der Waals surface area contributed by atoms with Crippen molar-refractivity contribution < 1.29 is 0 Å². The molecule has 2 heterocycles. The normalized spacial score (nSPS) is 20.8. The Labute approximate surface area is 102 Å². The van der Waals surface area contributed by atoms with Gasteiger partial charge in [0.2, 0.25) is 0 Å². The second-order valence-electron chi connectivity index (χ2n) is 4.93. The quantitative estimate of drug-likeness (QED) is 0.876. The van der Waals surface area contributed by atoms with Crippen LogP contribution in [0.3, 0.4) is 0 Å². The lowest BCUT2D eigenvalue weighted by Crippen LogP contribution is -2.30. The van der Waals surface area contributed by atoms with Crippen LogP contribution in [-0.2, 0) is 6.54 Å². The number of nitrogens with zero attached hydrogens (tertiary/aromatic N) is 2. The van der Waals surface area contributed by atoms with Crippen LogP contribution in [0.25, 0.3) is 11.0 Å². The average Bonchev–Trinajstić information content (AvgIpc) is 2.81. The summed E-state index contributed by atoms with van der Waals surface area (Å²) in [6.45, 7) is 3.48. The van der Waals surface area contributed by atoms with Crippen molar-refractivity contribution >= 4 is 11.0 Å². The smallest absolute Gasteiger partial charge is 0.0958 e. The fourth-order valence-corrected chi connectivity index (χ4v) is 2.68. The van der Waals surface area contributed by atoms with E-state index in [1.807, 2.05) is 12.4 Å². The molecule has 1 aromatic heterocycles. The molecular weight excluding hydrogens is 210 g/mol. The van der Waals surface area contributed by atoms with E-state index in [1.54, 1.807) is 0 Å². The Morgan fingerprint density at radius 1 is 1.35 bits per heavy atom. The molecular formula is C14H19N3. The van der Waals surface area contributed by atoms with Gasteiger partial charge in [-0.3, -0.25) is 0 Å². The van der Waals surface area contributed by atoms with Crippen molar-refractivity contribution in [3.05, 3.63) is 30.6 Å². The number of hydrogen-bond donors (Lipinski definition) is 1. The van der Waals surface area contributed by atoms with Gasteiger partial charge >= 0.3 is 0 Å². The Hall–Kier alpha value is -1.35. The maximum Gasteiger partial charge on any atom is 0.0958 e. The molecule has 1 aromatic carbocycles. The second kappa shape index (κ2) is 4.88. The Morgan fingerprint density at radius 3 is 3.18 bits per heavy atom. The van der Waals surface area contributed by atoms with Gasteiger partial charge in [-0.1, -0.05) is 12.1 Å². The molecule has 0 radical (unpaired) electrons. The molecule has 17 heavy (non-hydrogen) atoms. The molecule has 1 N–H and O–H groups in total. The van der Waals surface area contributed by atoms with Gasteiger partial charge in [-0.15, -0.1) is 0 Å². The van der Waals surface area contributed by atoms with Crippen LogP contribution in [0.5, 0.6) is 0 Å². The minimum Gasteiger partial charge on any atom is -0.331 e. The van der Waals surface area contributed by atoms with Gasteiger partial charge in [0, 0.05) is 6.54 Å². The molecule has 1 unspecified atom stereocenters. The van der Waals surface area contributed by atoms with Crippen molar-refractivity contribution in [1.82, 2.24) is 14.9 Å². The van der Waals surface area contributed by atoms with E-state index in [-0.39, 0.29) is 0 Å². The van der Waals surface area contributed by atoms with Crippen molar-refractivity contribution in [1.29, 1.82) is 0 Å². The summed E-state index contributed by atoms with van der Waals surface area (Å²) in [5.41, 5.74) is 2.37. The lowest BCUT2D eigenvalue weighted by atomic mass is 9.96. The summed E-state index contributed by atoms with van der Waals surface area (Å²) in [4.78, 5) is 4.43. The first kappa shape index (κ1) is 10.8. The van der Waals surface area contributed by atoms with Gasteiger partial charge in [0.15, 0.2) is 0 Å². The lowest BCUT2D eigenvalue weighted by Gasteiger charge is -2.22. The Kier molecular flexibility index (Phi) is 3.10. The highest BCUT2D eigenvalue weighted by molar-refractivity contribution is 5.74. The van der Waals surface area contributed by atoms with Crippen LogP contribution >= 0.6 is 0 Å². The van der Waals surface area contributed by atoms with E-state index >= 15 is 0 Å². The number of fused-ring (bicyclic) bond motifs is 1. The van der Waals surface area contributed by atoms with Gasteiger partial charge in [-0.05, 0) is 50.4 Å². The van der Waals surface area contributed by atoms with Gasteiger partial charge in [-0.2, -0.15) is 0 Å². The third-order valence-corrected chi connectivity index (χ3v) is 3.70. The fourth-order valence-electron chi connectivity index (χ4n) is 2.68. The number of benzene rings is 1. The molecule has 3 heteroatoms. The highest BCUT2D eigenvalue weighted by Crippen LogP contribution is 2.17. The molecule has 1 saturated heterocycles. The third-order valence-electron chi connectivity index (χ3n) is 3.70. The molecule has 1 aliphatic rings. The number of nitrogens with one attached hydrogen (secondary N) is 1. The highest BCUT2D eigenvalue weighted by Gasteiger charge is 2.13. The second-order valence-corrected chi connectivity index (χ2v) is 4.93. The fraction of sp³-hybridized carbons (Fsp3) is 0.500. The van der Waals surface area contributed by atoms with Crippen molar-refractivity contribution in [2.75, 3.05) is 13.1 Å². The largest absolute Gasteiger partial charge is 0.331 e. The van der Waals surface area contributed by atoms with Crippen molar-refractivity contribution in [2.24, 2.45) is 5.92 Å². The predicted molar refractivity (Wildman–Crippen MR) is 69.9 cm³/mol. The third kappa shape index (κ3) is 2.34. The zero-order valence-electron chi connectivity index (χ0n) is 10.1. The van der Waals surface area contributed by atoms with E-state index in [0.717, 1.165) is 18.0 Å². The molecule has 3 rings (SSSR count). The average molecular weight is 229 g/mol. The van der Waals surface area contributed by atoms with Crippen LogP contribution in [0.4, 0.5) is 0 Å². The summed E-state index contributed by atoms with van der Waals surface area (Å²) in [6, 6.07) is 8.36. The van der Waals surface area contributed by atoms with E-state index in [9.17, 15) is 0 Å². The SMILES string of the molecule is c1ccc2c(c1)ncn2CCC1CCCNC1. The van der Waals surface area contributed by atoms with Gasteiger partial charge in [0.1, 0.15) is 0 Å². The number of aryl methyl sites for hydroxylation is 1. The summed E-state index contributed by atoms with van der Waals surface area (Å²) in [5.74, 6) is 0.838. The maximum atomic E-state index is 4.43. The van der Waals surface area contributed by atoms with Crippen LogP contribution in [0, 0.1) is 5.92 Å². The minimum atomic E-state index is 0.838. The number of rotatable bonds is 3. The van der Waals surface area contributed by atoms with E-state index in [2.05, 4.69) is 33.1 Å². The van der Waals surface area contributed by atoms with Crippen LogP contribution in [0.1, 0.15) is 19.3 Å². The molecule has 1 aliphatic heterocycles. The molecule has 3 nitrogen and oxygen atoms in total. The van der Waals surface area contributed by atoms with Crippen LogP contribution in [0.15, 0.2) is 30.6 Å². The molecule has 0 amide bonds. The van der Waals surface area contributed by atoms with Gasteiger partial charge in [-0.25, -0.2) is 4.98 Å². The Balaban J connectivity index is 1.68. The number of imidazole rings is 1. The number of piperidine rings is 1. The van der Waals surface area contributed by atoms with Crippen LogP contribution in [0.2, 0.25) is 0 Å². The summed E-state index contributed by atoms with van der Waals surface area (Å²) in [5, 5.41) is 3.48. The van der Waals surface area contributed by atoms with E-state index in [0.29, 0.717) is 0 Å². The van der Waals surface area contributed by atoms with Gasteiger partial charge in [0.25, 0.3) is 0 Å². The highest BCUT2D eigenvalue weighted by atomic mass is 15.0. The van der Waals surface area contributed by atoms with Crippen LogP contribution in [-0.4, -0.2) is 22.6 Å². The molecule has 0 spiro atoms. The summed E-state index contributed by atoms with van der Waals surface area (Å²) in [6.07, 6.45) is 5.93. The first-order valence-electron chi connectivity index (χ1n) is 6.54. The van der Waals surface area contributed by atoms with Crippen molar-refractivity contribution in [3.63, 3.8) is 0 Å². The lowest BCUT2D eigenvalue weighted by molar-refractivity contribution is 0.343. The molecule has 0 bridgehead atoms. The Morgan fingerprint density at radius 2 is 2.29 bits per heavy atom. The number of hydrogen-bond acceptors (Lipinski definition) is 2. The molecule has 1 fully saturated rings.